The first kappa shape index (κ1) is 34.8. The van der Waals surface area contributed by atoms with Gasteiger partial charge in [-0.1, -0.05) is 76.7 Å². The van der Waals surface area contributed by atoms with Crippen molar-refractivity contribution < 1.29 is 42.9 Å². The highest BCUT2D eigenvalue weighted by Crippen LogP contribution is 2.71. The number of urea groups is 1. The van der Waals surface area contributed by atoms with Crippen LogP contribution in [0.4, 0.5) is 16.2 Å². The number of hydrogen-bond donors (Lipinski definition) is 1. The van der Waals surface area contributed by atoms with E-state index in [1.165, 1.54) is 11.0 Å². The summed E-state index contributed by atoms with van der Waals surface area (Å²) in [5, 5.41) is 3.42. The van der Waals surface area contributed by atoms with Crippen LogP contribution in [-0.2, 0) is 38.1 Å². The van der Waals surface area contributed by atoms with Gasteiger partial charge in [-0.3, -0.25) is 4.90 Å². The minimum absolute atomic E-state index is 0.135. The van der Waals surface area contributed by atoms with Crippen LogP contribution in [0.15, 0.2) is 67.7 Å². The second-order valence-corrected chi connectivity index (χ2v) is 15.0. The second-order valence-electron chi connectivity index (χ2n) is 10.4. The molecule has 3 aliphatic rings. The molecule has 5 rings (SSSR count). The Bertz CT molecular complexity index is 1830. The van der Waals surface area contributed by atoms with E-state index in [2.05, 4.69) is 5.32 Å². The molecule has 2 aromatic rings. The number of para-hydroxylation sites is 1. The molecule has 47 heavy (non-hydrogen) atoms. The summed E-state index contributed by atoms with van der Waals surface area (Å²) >= 11 is 14.9. The zero-order chi connectivity index (χ0) is 34.4. The molecule has 1 N–H and O–H groups in total. The SMILES string of the molecule is COC(=O)C1=C(C(=O)OC)SC2(S1)C(C(=O)OC)=C(C(=O)OC)SC1=C2c2ccccc2N(C(=O)Nc2ccc(Cl)c(Cl)c2)C1(C)C. The maximum Gasteiger partial charge on any atom is 0.345 e. The molecule has 0 aliphatic carbocycles. The van der Waals surface area contributed by atoms with Gasteiger partial charge < -0.3 is 24.3 Å². The monoisotopic (exact) mass is 736 g/mol. The molecule has 1 spiro atoms. The van der Waals surface area contributed by atoms with E-state index >= 15 is 0 Å². The van der Waals surface area contributed by atoms with Gasteiger partial charge in [0.15, 0.2) is 0 Å². The van der Waals surface area contributed by atoms with Gasteiger partial charge in [0.2, 0.25) is 0 Å². The van der Waals surface area contributed by atoms with Crippen molar-refractivity contribution in [1.29, 1.82) is 0 Å². The summed E-state index contributed by atoms with van der Waals surface area (Å²) in [5.74, 6) is -3.46. The van der Waals surface area contributed by atoms with Gasteiger partial charge >= 0.3 is 29.9 Å². The van der Waals surface area contributed by atoms with Crippen LogP contribution in [-0.4, -0.2) is 68.0 Å². The summed E-state index contributed by atoms with van der Waals surface area (Å²) in [7, 11) is 4.62. The van der Waals surface area contributed by atoms with E-state index in [1.807, 2.05) is 0 Å². The molecule has 2 aromatic carbocycles. The van der Waals surface area contributed by atoms with Crippen LogP contribution in [0.1, 0.15) is 19.4 Å². The molecule has 0 fully saturated rings. The number of esters is 4. The first-order valence-corrected chi connectivity index (χ1v) is 16.8. The third-order valence-corrected chi connectivity index (χ3v) is 12.8. The van der Waals surface area contributed by atoms with Crippen molar-refractivity contribution in [1.82, 2.24) is 0 Å². The van der Waals surface area contributed by atoms with E-state index in [0.29, 0.717) is 32.4 Å². The van der Waals surface area contributed by atoms with Crippen molar-refractivity contribution in [2.24, 2.45) is 0 Å². The summed E-state index contributed by atoms with van der Waals surface area (Å²) in [6.07, 6.45) is 0. The summed E-state index contributed by atoms with van der Waals surface area (Å²) < 4.78 is 18.7. The van der Waals surface area contributed by atoms with E-state index < -0.39 is 39.5 Å². The largest absolute Gasteiger partial charge is 0.466 e. The van der Waals surface area contributed by atoms with Gasteiger partial charge in [0, 0.05) is 21.7 Å². The normalized spacial score (nSPS) is 17.6. The average Bonchev–Trinajstić information content (AvgIpc) is 3.44. The molecule has 0 radical (unpaired) electrons. The number of carbonyl (C=O) groups excluding carboxylic acids is 5. The Morgan fingerprint density at radius 1 is 0.745 bits per heavy atom. The van der Waals surface area contributed by atoms with Crippen LogP contribution in [0.25, 0.3) is 5.57 Å². The van der Waals surface area contributed by atoms with Crippen LogP contribution in [0.2, 0.25) is 10.0 Å². The minimum Gasteiger partial charge on any atom is -0.466 e. The fourth-order valence-electron chi connectivity index (χ4n) is 5.38. The van der Waals surface area contributed by atoms with Gasteiger partial charge in [0.1, 0.15) is 18.8 Å². The van der Waals surface area contributed by atoms with Crippen molar-refractivity contribution in [3.8, 4) is 0 Å². The van der Waals surface area contributed by atoms with Crippen molar-refractivity contribution in [2.75, 3.05) is 38.7 Å². The lowest BCUT2D eigenvalue weighted by molar-refractivity contribution is -0.138. The number of hydrogen-bond acceptors (Lipinski definition) is 12. The predicted octanol–water partition coefficient (Wildman–Crippen LogP) is 6.62. The van der Waals surface area contributed by atoms with Gasteiger partial charge in [0.05, 0.1) is 55.3 Å². The fraction of sp³-hybridized carbons (Fsp3) is 0.258. The molecule has 0 unspecified atom stereocenters. The zero-order valence-corrected chi connectivity index (χ0v) is 29.6. The van der Waals surface area contributed by atoms with E-state index in [0.717, 1.165) is 63.7 Å². The molecule has 2 amide bonds. The molecule has 0 atom stereocenters. The number of thioether (sulfide) groups is 3. The Balaban J connectivity index is 1.80. The van der Waals surface area contributed by atoms with Crippen LogP contribution in [0, 0.1) is 0 Å². The molecule has 3 heterocycles. The highest BCUT2D eigenvalue weighted by Gasteiger charge is 2.61. The predicted molar refractivity (Wildman–Crippen MR) is 183 cm³/mol. The number of nitrogens with zero attached hydrogens (tertiary/aromatic N) is 1. The third kappa shape index (κ3) is 5.69. The molecule has 11 nitrogen and oxygen atoms in total. The molecule has 0 aromatic heterocycles. The van der Waals surface area contributed by atoms with Crippen molar-refractivity contribution in [3.63, 3.8) is 0 Å². The summed E-state index contributed by atoms with van der Waals surface area (Å²) in [6.45, 7) is 3.54. The lowest BCUT2D eigenvalue weighted by Gasteiger charge is -2.50. The smallest absolute Gasteiger partial charge is 0.345 e. The number of fused-ring (bicyclic) bond motifs is 3. The number of benzene rings is 2. The average molecular weight is 738 g/mol. The molecule has 3 aliphatic heterocycles. The van der Waals surface area contributed by atoms with Crippen LogP contribution >= 0.6 is 58.5 Å². The number of rotatable bonds is 5. The van der Waals surface area contributed by atoms with Gasteiger partial charge in [-0.2, -0.15) is 0 Å². The van der Waals surface area contributed by atoms with Gasteiger partial charge in [-0.15, -0.1) is 0 Å². The van der Waals surface area contributed by atoms with E-state index in [4.69, 9.17) is 42.1 Å². The van der Waals surface area contributed by atoms with E-state index in [1.54, 1.807) is 50.2 Å². The molecule has 246 valence electrons. The van der Waals surface area contributed by atoms with Crippen molar-refractivity contribution in [2.45, 2.75) is 23.5 Å². The van der Waals surface area contributed by atoms with Crippen LogP contribution in [0.5, 0.6) is 0 Å². The number of anilines is 2. The van der Waals surface area contributed by atoms with E-state index in [9.17, 15) is 24.0 Å². The Morgan fingerprint density at radius 2 is 1.30 bits per heavy atom. The zero-order valence-electron chi connectivity index (χ0n) is 25.6. The van der Waals surface area contributed by atoms with Crippen LogP contribution < -0.4 is 10.2 Å². The number of ether oxygens (including phenoxy) is 4. The molecule has 0 saturated carbocycles. The molecule has 0 bridgehead atoms. The standard InChI is InChI=1S/C31H26Cl2N2O9S3/c1-30(2)24-19(15-9-7-8-10-18(15)35(30)29(40)34-14-11-12-16(32)17(33)13-14)31(20(25(36)41-3)21(45-24)26(37)42-4)46-22(27(38)43-5)23(47-31)28(39)44-6/h7-13H,1-6H3,(H,34,40). The summed E-state index contributed by atoms with van der Waals surface area (Å²) in [5.41, 5.74) is 0.384. The summed E-state index contributed by atoms with van der Waals surface area (Å²) in [6, 6.07) is 11.1. The Labute approximate surface area is 292 Å². The molecule has 0 saturated heterocycles. The molecule has 16 heteroatoms. The Hall–Kier alpha value is -3.56. The molecular formula is C31H26Cl2N2O9S3. The number of methoxy groups -OCH3 is 4. The van der Waals surface area contributed by atoms with Gasteiger partial charge in [0.25, 0.3) is 0 Å². The van der Waals surface area contributed by atoms with Crippen molar-refractivity contribution >= 4 is 105 Å². The lowest BCUT2D eigenvalue weighted by Crippen LogP contribution is -2.55. The fourth-order valence-corrected chi connectivity index (χ4v) is 10.7. The number of amides is 2. The maximum absolute atomic E-state index is 14.2. The maximum atomic E-state index is 14.2. The highest BCUT2D eigenvalue weighted by atomic mass is 35.5. The topological polar surface area (TPSA) is 138 Å². The Kier molecular flexibility index (Phi) is 9.73. The van der Waals surface area contributed by atoms with Gasteiger partial charge in [-0.25, -0.2) is 24.0 Å². The van der Waals surface area contributed by atoms with Crippen molar-refractivity contribution in [3.05, 3.63) is 83.3 Å². The third-order valence-electron chi connectivity index (χ3n) is 7.42. The number of carbonyl (C=O) groups is 5. The quantitative estimate of drug-likeness (QED) is 0.261. The Morgan fingerprint density at radius 3 is 1.85 bits per heavy atom. The second kappa shape index (κ2) is 13.2. The first-order valence-electron chi connectivity index (χ1n) is 13.6. The first-order chi connectivity index (χ1) is 22.3. The highest BCUT2D eigenvalue weighted by molar-refractivity contribution is 8.26. The summed E-state index contributed by atoms with van der Waals surface area (Å²) in [4.78, 5) is 69.2. The number of nitrogens with one attached hydrogen (secondary N) is 1. The van der Waals surface area contributed by atoms with Crippen LogP contribution in [0.3, 0.4) is 0 Å². The van der Waals surface area contributed by atoms with Gasteiger partial charge in [-0.05, 0) is 38.1 Å². The number of halogens is 2. The minimum atomic E-state index is -1.68. The van der Waals surface area contributed by atoms with E-state index in [-0.39, 0.29) is 25.3 Å². The lowest BCUT2D eigenvalue weighted by atomic mass is 9.83. The molecular weight excluding hydrogens is 711 g/mol.